The number of anilines is 2. The molecule has 3 aromatic rings. The molecule has 0 unspecified atom stereocenters. The highest BCUT2D eigenvalue weighted by Crippen LogP contribution is 2.20. The Balaban J connectivity index is 1.64. The summed E-state index contributed by atoms with van der Waals surface area (Å²) >= 11 is 0. The Morgan fingerprint density at radius 2 is 1.76 bits per heavy atom. The summed E-state index contributed by atoms with van der Waals surface area (Å²) in [5, 5.41) is 6.09. The summed E-state index contributed by atoms with van der Waals surface area (Å²) in [5.74, 6) is 0.562. The fourth-order valence-electron chi connectivity index (χ4n) is 2.25. The molecule has 0 radical (unpaired) electrons. The zero-order valence-electron chi connectivity index (χ0n) is 13.8. The maximum atomic E-state index is 12.3. The van der Waals surface area contributed by atoms with Crippen LogP contribution < -0.4 is 15.4 Å². The van der Waals surface area contributed by atoms with Gasteiger partial charge in [0.1, 0.15) is 11.4 Å². The molecule has 0 saturated carbocycles. The van der Waals surface area contributed by atoms with Gasteiger partial charge in [0.25, 0.3) is 5.91 Å². The molecule has 6 nitrogen and oxygen atoms in total. The fourth-order valence-corrected chi connectivity index (χ4v) is 2.25. The van der Waals surface area contributed by atoms with E-state index in [2.05, 4.69) is 20.6 Å². The van der Waals surface area contributed by atoms with Crippen molar-refractivity contribution in [2.45, 2.75) is 6.54 Å². The number of ether oxygens (including phenoxy) is 1. The number of rotatable bonds is 6. The van der Waals surface area contributed by atoms with Crippen molar-refractivity contribution < 1.29 is 9.53 Å². The lowest BCUT2D eigenvalue weighted by atomic mass is 10.2. The summed E-state index contributed by atoms with van der Waals surface area (Å²) in [5.41, 5.74) is 3.02. The molecular weight excluding hydrogens is 316 g/mol. The zero-order chi connectivity index (χ0) is 17.5. The fraction of sp³-hybridized carbons (Fsp3) is 0.105. The van der Waals surface area contributed by atoms with Crippen LogP contribution in [0.4, 0.5) is 11.4 Å². The molecule has 0 aliphatic rings. The number of methoxy groups -OCH3 is 1. The summed E-state index contributed by atoms with van der Waals surface area (Å²) in [6, 6.07) is 14.8. The van der Waals surface area contributed by atoms with Gasteiger partial charge in [-0.25, -0.2) is 0 Å². The number of hydrogen-bond acceptors (Lipinski definition) is 5. The number of pyridine rings is 2. The van der Waals surface area contributed by atoms with E-state index in [4.69, 9.17) is 4.74 Å². The van der Waals surface area contributed by atoms with Gasteiger partial charge in [0, 0.05) is 36.5 Å². The molecule has 2 heterocycles. The summed E-state index contributed by atoms with van der Waals surface area (Å²) in [4.78, 5) is 20.4. The minimum Gasteiger partial charge on any atom is -0.497 e. The highest BCUT2D eigenvalue weighted by Gasteiger charge is 2.08. The Morgan fingerprint density at radius 1 is 1.00 bits per heavy atom. The van der Waals surface area contributed by atoms with E-state index in [1.54, 1.807) is 31.8 Å². The van der Waals surface area contributed by atoms with E-state index < -0.39 is 0 Å². The van der Waals surface area contributed by atoms with Crippen LogP contribution in [0.5, 0.6) is 5.75 Å². The quantitative estimate of drug-likeness (QED) is 0.724. The SMILES string of the molecule is COc1ccc(Nc2ccnc(C(=O)NCc3ccncc3)c2)cc1. The second-order valence-electron chi connectivity index (χ2n) is 5.32. The lowest BCUT2D eigenvalue weighted by molar-refractivity contribution is 0.0946. The van der Waals surface area contributed by atoms with Crippen LogP contribution in [0.1, 0.15) is 16.1 Å². The minimum atomic E-state index is -0.227. The number of hydrogen-bond donors (Lipinski definition) is 2. The molecule has 0 saturated heterocycles. The molecule has 0 fully saturated rings. The van der Waals surface area contributed by atoms with E-state index in [1.807, 2.05) is 42.5 Å². The first-order valence-electron chi connectivity index (χ1n) is 7.79. The van der Waals surface area contributed by atoms with Crippen LogP contribution in [-0.4, -0.2) is 23.0 Å². The van der Waals surface area contributed by atoms with Crippen molar-refractivity contribution in [1.82, 2.24) is 15.3 Å². The van der Waals surface area contributed by atoms with E-state index in [9.17, 15) is 4.79 Å². The monoisotopic (exact) mass is 334 g/mol. The maximum absolute atomic E-state index is 12.3. The molecule has 0 bridgehead atoms. The van der Waals surface area contributed by atoms with E-state index in [0.29, 0.717) is 12.2 Å². The van der Waals surface area contributed by atoms with Gasteiger partial charge in [0.05, 0.1) is 7.11 Å². The first-order valence-corrected chi connectivity index (χ1v) is 7.79. The predicted molar refractivity (Wildman–Crippen MR) is 95.9 cm³/mol. The third-order valence-electron chi connectivity index (χ3n) is 3.57. The van der Waals surface area contributed by atoms with Crippen molar-refractivity contribution >= 4 is 17.3 Å². The average Bonchev–Trinajstić information content (AvgIpc) is 2.68. The highest BCUT2D eigenvalue weighted by atomic mass is 16.5. The minimum absolute atomic E-state index is 0.227. The number of carbonyl (C=O) groups is 1. The van der Waals surface area contributed by atoms with Crippen LogP contribution in [0.25, 0.3) is 0 Å². The number of aromatic nitrogens is 2. The molecule has 6 heteroatoms. The number of nitrogens with one attached hydrogen (secondary N) is 2. The van der Waals surface area contributed by atoms with Gasteiger partial charge in [-0.2, -0.15) is 0 Å². The molecule has 126 valence electrons. The molecule has 1 amide bonds. The van der Waals surface area contributed by atoms with Crippen LogP contribution in [0, 0.1) is 0 Å². The van der Waals surface area contributed by atoms with Crippen LogP contribution in [0.15, 0.2) is 67.1 Å². The van der Waals surface area contributed by atoms with Crippen LogP contribution in [0.2, 0.25) is 0 Å². The molecule has 0 aliphatic heterocycles. The van der Waals surface area contributed by atoms with E-state index in [-0.39, 0.29) is 5.91 Å². The number of carbonyl (C=O) groups excluding carboxylic acids is 1. The second kappa shape index (κ2) is 7.92. The van der Waals surface area contributed by atoms with E-state index in [0.717, 1.165) is 22.7 Å². The summed E-state index contributed by atoms with van der Waals surface area (Å²) in [7, 11) is 1.63. The molecule has 0 atom stereocenters. The lowest BCUT2D eigenvalue weighted by Gasteiger charge is -2.09. The van der Waals surface area contributed by atoms with Gasteiger partial charge >= 0.3 is 0 Å². The molecule has 25 heavy (non-hydrogen) atoms. The van der Waals surface area contributed by atoms with Gasteiger partial charge in [-0.05, 0) is 54.1 Å². The Labute approximate surface area is 145 Å². The molecule has 1 aromatic carbocycles. The van der Waals surface area contributed by atoms with Crippen molar-refractivity contribution in [2.75, 3.05) is 12.4 Å². The van der Waals surface area contributed by atoms with Crippen LogP contribution in [0.3, 0.4) is 0 Å². The second-order valence-corrected chi connectivity index (χ2v) is 5.32. The topological polar surface area (TPSA) is 76.1 Å². The number of benzene rings is 1. The largest absolute Gasteiger partial charge is 0.497 e. The van der Waals surface area contributed by atoms with Gasteiger partial charge < -0.3 is 15.4 Å². The first kappa shape index (κ1) is 16.4. The van der Waals surface area contributed by atoms with Crippen molar-refractivity contribution in [2.24, 2.45) is 0 Å². The summed E-state index contributed by atoms with van der Waals surface area (Å²) in [6.07, 6.45) is 4.99. The smallest absolute Gasteiger partial charge is 0.270 e. The van der Waals surface area contributed by atoms with E-state index in [1.165, 1.54) is 0 Å². The normalized spacial score (nSPS) is 10.1. The zero-order valence-corrected chi connectivity index (χ0v) is 13.8. The van der Waals surface area contributed by atoms with Gasteiger partial charge in [-0.3, -0.25) is 14.8 Å². The standard InChI is InChI=1S/C19H18N4O2/c1-25-17-4-2-15(3-5-17)23-16-8-11-21-18(12-16)19(24)22-13-14-6-9-20-10-7-14/h2-12H,13H2,1H3,(H,21,23)(H,22,24). The molecule has 2 N–H and O–H groups in total. The Bertz CT molecular complexity index is 836. The van der Waals surface area contributed by atoms with Gasteiger partial charge in [-0.1, -0.05) is 0 Å². The summed E-state index contributed by atoms with van der Waals surface area (Å²) < 4.78 is 5.14. The Hall–Kier alpha value is -3.41. The summed E-state index contributed by atoms with van der Waals surface area (Å²) in [6.45, 7) is 0.430. The molecule has 0 spiro atoms. The van der Waals surface area contributed by atoms with Crippen molar-refractivity contribution in [3.8, 4) is 5.75 Å². The number of amides is 1. The average molecular weight is 334 g/mol. The van der Waals surface area contributed by atoms with Crippen LogP contribution in [-0.2, 0) is 6.54 Å². The first-order chi connectivity index (χ1) is 12.2. The number of nitrogens with zero attached hydrogens (tertiary/aromatic N) is 2. The maximum Gasteiger partial charge on any atom is 0.270 e. The third-order valence-corrected chi connectivity index (χ3v) is 3.57. The highest BCUT2D eigenvalue weighted by molar-refractivity contribution is 5.93. The van der Waals surface area contributed by atoms with Crippen molar-refractivity contribution in [1.29, 1.82) is 0 Å². The third kappa shape index (κ3) is 4.54. The van der Waals surface area contributed by atoms with Crippen LogP contribution >= 0.6 is 0 Å². The Kier molecular flexibility index (Phi) is 5.21. The van der Waals surface area contributed by atoms with Gasteiger partial charge in [-0.15, -0.1) is 0 Å². The van der Waals surface area contributed by atoms with Gasteiger partial charge in [0.2, 0.25) is 0 Å². The Morgan fingerprint density at radius 3 is 2.48 bits per heavy atom. The molecular formula is C19H18N4O2. The molecule has 2 aromatic heterocycles. The lowest BCUT2D eigenvalue weighted by Crippen LogP contribution is -2.23. The predicted octanol–water partition coefficient (Wildman–Crippen LogP) is 3.16. The molecule has 0 aliphatic carbocycles. The van der Waals surface area contributed by atoms with E-state index >= 15 is 0 Å². The van der Waals surface area contributed by atoms with Gasteiger partial charge in [0.15, 0.2) is 0 Å². The van der Waals surface area contributed by atoms with Crippen molar-refractivity contribution in [3.05, 3.63) is 78.4 Å². The van der Waals surface area contributed by atoms with Crippen molar-refractivity contribution in [3.63, 3.8) is 0 Å². The molecule has 3 rings (SSSR count).